The predicted octanol–water partition coefficient (Wildman–Crippen LogP) is 4.28. The number of ether oxygens (including phenoxy) is 2. The third kappa shape index (κ3) is 5.23. The van der Waals surface area contributed by atoms with E-state index in [2.05, 4.69) is 5.32 Å². The number of aromatic carboxylic acids is 1. The lowest BCUT2D eigenvalue weighted by Crippen LogP contribution is -2.54. The van der Waals surface area contributed by atoms with Gasteiger partial charge in [0.2, 0.25) is 5.76 Å². The second-order valence-corrected chi connectivity index (χ2v) is 7.87. The third-order valence-electron chi connectivity index (χ3n) is 5.01. The lowest BCUT2D eigenvalue weighted by molar-refractivity contribution is -0.122. The van der Waals surface area contributed by atoms with Gasteiger partial charge >= 0.3 is 12.0 Å². The maximum absolute atomic E-state index is 13.1. The number of benzene rings is 2. The van der Waals surface area contributed by atoms with Crippen LogP contribution in [0.1, 0.15) is 28.8 Å². The molecule has 1 aliphatic rings. The number of nitrogens with one attached hydrogen (secondary N) is 1. The highest BCUT2D eigenvalue weighted by atomic mass is 35.5. The van der Waals surface area contributed by atoms with Gasteiger partial charge in [0.15, 0.2) is 11.5 Å². The number of rotatable bonds is 8. The number of nitrogens with zero attached hydrogens (tertiary/aromatic N) is 1. The number of furan rings is 1. The number of halogens is 1. The molecule has 1 saturated heterocycles. The van der Waals surface area contributed by atoms with E-state index in [9.17, 15) is 19.2 Å². The third-order valence-corrected chi connectivity index (χ3v) is 5.26. The van der Waals surface area contributed by atoms with Crippen molar-refractivity contribution in [1.29, 1.82) is 0 Å². The first kappa shape index (κ1) is 24.6. The van der Waals surface area contributed by atoms with Crippen LogP contribution in [-0.2, 0) is 16.2 Å². The van der Waals surface area contributed by atoms with Crippen molar-refractivity contribution in [2.45, 2.75) is 13.5 Å². The quantitative estimate of drug-likeness (QED) is 0.338. The van der Waals surface area contributed by atoms with Crippen LogP contribution in [-0.4, -0.2) is 35.5 Å². The molecule has 4 amide bonds. The van der Waals surface area contributed by atoms with Crippen LogP contribution in [0.2, 0.25) is 5.02 Å². The fraction of sp³-hybridized carbons (Fsp3) is 0.120. The van der Waals surface area contributed by atoms with E-state index in [1.54, 1.807) is 25.1 Å². The Kier molecular flexibility index (Phi) is 7.07. The van der Waals surface area contributed by atoms with Crippen LogP contribution >= 0.6 is 11.6 Å². The molecule has 36 heavy (non-hydrogen) atoms. The van der Waals surface area contributed by atoms with Crippen molar-refractivity contribution in [1.82, 2.24) is 5.32 Å². The summed E-state index contributed by atoms with van der Waals surface area (Å²) in [5.74, 6) is -2.06. The Morgan fingerprint density at radius 2 is 1.81 bits per heavy atom. The molecule has 2 heterocycles. The van der Waals surface area contributed by atoms with Gasteiger partial charge in [0.05, 0.1) is 12.3 Å². The van der Waals surface area contributed by atoms with Crippen molar-refractivity contribution in [2.24, 2.45) is 0 Å². The standard InChI is InChI=1S/C25H19ClN2O8/c1-2-34-21-12-14(3-9-19(21)35-13-17-8-10-20(36-17)24(31)32)11-18-22(29)27-25(33)28(23(18)30)16-6-4-15(26)5-7-16/h3-12H,2,13H2,1H3,(H,31,32)(H,27,29,33). The van der Waals surface area contributed by atoms with Gasteiger partial charge in [-0.3, -0.25) is 14.9 Å². The van der Waals surface area contributed by atoms with E-state index in [4.69, 9.17) is 30.6 Å². The zero-order chi connectivity index (χ0) is 25.8. The fourth-order valence-corrected chi connectivity index (χ4v) is 3.50. The Hall–Kier alpha value is -4.57. The van der Waals surface area contributed by atoms with Crippen LogP contribution in [0.5, 0.6) is 11.5 Å². The molecule has 0 spiro atoms. The lowest BCUT2D eigenvalue weighted by atomic mass is 10.1. The van der Waals surface area contributed by atoms with Gasteiger partial charge in [-0.15, -0.1) is 0 Å². The summed E-state index contributed by atoms with van der Waals surface area (Å²) in [5, 5.41) is 11.6. The Bertz CT molecular complexity index is 1380. The summed E-state index contributed by atoms with van der Waals surface area (Å²) in [6.45, 7) is 2.03. The summed E-state index contributed by atoms with van der Waals surface area (Å²) >= 11 is 5.89. The smallest absolute Gasteiger partial charge is 0.371 e. The molecule has 184 valence electrons. The first-order valence-electron chi connectivity index (χ1n) is 10.7. The molecule has 1 aromatic heterocycles. The summed E-state index contributed by atoms with van der Waals surface area (Å²) in [7, 11) is 0. The Balaban J connectivity index is 1.59. The Morgan fingerprint density at radius 1 is 1.06 bits per heavy atom. The zero-order valence-electron chi connectivity index (χ0n) is 18.8. The fourth-order valence-electron chi connectivity index (χ4n) is 3.37. The average molecular weight is 511 g/mol. The monoisotopic (exact) mass is 510 g/mol. The van der Waals surface area contributed by atoms with E-state index in [-0.39, 0.29) is 23.6 Å². The van der Waals surface area contributed by atoms with Crippen molar-refractivity contribution < 1.29 is 38.2 Å². The second kappa shape index (κ2) is 10.4. The summed E-state index contributed by atoms with van der Waals surface area (Å²) in [4.78, 5) is 49.7. The normalized spacial score (nSPS) is 14.7. The van der Waals surface area contributed by atoms with E-state index in [1.807, 2.05) is 0 Å². The maximum atomic E-state index is 13.1. The number of urea groups is 1. The molecule has 2 N–H and O–H groups in total. The second-order valence-electron chi connectivity index (χ2n) is 7.43. The van der Waals surface area contributed by atoms with Crippen LogP contribution in [0.15, 0.2) is 64.6 Å². The first-order valence-corrected chi connectivity index (χ1v) is 11.0. The molecule has 0 unspecified atom stereocenters. The molecule has 4 rings (SSSR count). The maximum Gasteiger partial charge on any atom is 0.371 e. The minimum atomic E-state index is -1.19. The molecule has 0 atom stereocenters. The van der Waals surface area contributed by atoms with Crippen molar-refractivity contribution in [3.8, 4) is 11.5 Å². The molecule has 0 saturated carbocycles. The molecule has 1 aliphatic heterocycles. The predicted molar refractivity (Wildman–Crippen MR) is 128 cm³/mol. The highest BCUT2D eigenvalue weighted by Gasteiger charge is 2.36. The van der Waals surface area contributed by atoms with Gasteiger partial charge in [-0.1, -0.05) is 17.7 Å². The molecule has 0 radical (unpaired) electrons. The van der Waals surface area contributed by atoms with E-state index in [1.165, 1.54) is 42.5 Å². The number of carboxylic acids is 1. The van der Waals surface area contributed by atoms with Crippen LogP contribution in [0.3, 0.4) is 0 Å². The van der Waals surface area contributed by atoms with Crippen LogP contribution < -0.4 is 19.7 Å². The number of hydrogen-bond acceptors (Lipinski definition) is 7. The minimum Gasteiger partial charge on any atom is -0.490 e. The number of imide groups is 2. The van der Waals surface area contributed by atoms with Crippen LogP contribution in [0.25, 0.3) is 6.08 Å². The molecule has 1 fully saturated rings. The summed E-state index contributed by atoms with van der Waals surface area (Å²) in [6.07, 6.45) is 1.34. The van der Waals surface area contributed by atoms with Gasteiger partial charge in [0, 0.05) is 5.02 Å². The van der Waals surface area contributed by atoms with Crippen molar-refractivity contribution >= 4 is 47.2 Å². The van der Waals surface area contributed by atoms with Crippen LogP contribution in [0, 0.1) is 0 Å². The topological polar surface area (TPSA) is 135 Å². The SMILES string of the molecule is CCOc1cc(C=C2C(=O)NC(=O)N(c3ccc(Cl)cc3)C2=O)ccc1OCc1ccc(C(=O)O)o1. The molecule has 0 aliphatic carbocycles. The zero-order valence-corrected chi connectivity index (χ0v) is 19.6. The summed E-state index contributed by atoms with van der Waals surface area (Å²) in [5.41, 5.74) is 0.446. The van der Waals surface area contributed by atoms with E-state index >= 15 is 0 Å². The number of barbiturate groups is 1. The van der Waals surface area contributed by atoms with E-state index in [0.717, 1.165) is 4.90 Å². The number of anilines is 1. The molecular weight excluding hydrogens is 492 g/mol. The van der Waals surface area contributed by atoms with Gasteiger partial charge in [-0.25, -0.2) is 14.5 Å². The average Bonchev–Trinajstić information content (AvgIpc) is 3.32. The number of carbonyl (C=O) groups excluding carboxylic acids is 3. The first-order chi connectivity index (χ1) is 17.3. The largest absolute Gasteiger partial charge is 0.490 e. The van der Waals surface area contributed by atoms with E-state index < -0.39 is 23.8 Å². The Labute approximate surface area is 209 Å². The minimum absolute atomic E-state index is 0.0488. The van der Waals surface area contributed by atoms with Crippen LogP contribution in [0.4, 0.5) is 10.5 Å². The van der Waals surface area contributed by atoms with Gasteiger partial charge in [0.25, 0.3) is 11.8 Å². The lowest BCUT2D eigenvalue weighted by Gasteiger charge is -2.26. The summed E-state index contributed by atoms with van der Waals surface area (Å²) in [6, 6.07) is 12.7. The van der Waals surface area contributed by atoms with Gasteiger partial charge in [-0.05, 0) is 67.1 Å². The number of carbonyl (C=O) groups is 4. The van der Waals surface area contributed by atoms with Crippen molar-refractivity contribution in [2.75, 3.05) is 11.5 Å². The number of amides is 4. The highest BCUT2D eigenvalue weighted by molar-refractivity contribution is 6.39. The van der Waals surface area contributed by atoms with E-state index in [0.29, 0.717) is 34.5 Å². The van der Waals surface area contributed by atoms with Crippen molar-refractivity contribution in [3.63, 3.8) is 0 Å². The van der Waals surface area contributed by atoms with Gasteiger partial charge in [0.1, 0.15) is 17.9 Å². The van der Waals surface area contributed by atoms with Gasteiger partial charge in [-0.2, -0.15) is 0 Å². The molecule has 3 aromatic rings. The molecular formula is C25H19ClN2O8. The Morgan fingerprint density at radius 3 is 2.47 bits per heavy atom. The number of carboxylic acid groups (broad SMARTS) is 1. The summed E-state index contributed by atoms with van der Waals surface area (Å²) < 4.78 is 16.5. The molecule has 11 heteroatoms. The molecule has 10 nitrogen and oxygen atoms in total. The molecule has 0 bridgehead atoms. The molecule has 2 aromatic carbocycles. The number of hydrogen-bond donors (Lipinski definition) is 2. The highest BCUT2D eigenvalue weighted by Crippen LogP contribution is 2.31. The van der Waals surface area contributed by atoms with Crippen molar-refractivity contribution in [3.05, 3.63) is 82.3 Å². The van der Waals surface area contributed by atoms with Gasteiger partial charge < -0.3 is 19.0 Å².